The summed E-state index contributed by atoms with van der Waals surface area (Å²) in [6.07, 6.45) is -1.80. The molecule has 0 radical (unpaired) electrons. The van der Waals surface area contributed by atoms with Crippen LogP contribution in [0.4, 0.5) is 18.9 Å². The van der Waals surface area contributed by atoms with Crippen molar-refractivity contribution in [1.29, 1.82) is 0 Å². The third kappa shape index (κ3) is 3.56. The summed E-state index contributed by atoms with van der Waals surface area (Å²) in [5.41, 5.74) is 3.87. The van der Waals surface area contributed by atoms with Crippen molar-refractivity contribution in [2.24, 2.45) is 5.73 Å². The maximum atomic E-state index is 12.4. The number of hydrogen-bond donors (Lipinski definition) is 1. The summed E-state index contributed by atoms with van der Waals surface area (Å²) in [6.45, 7) is 1.65. The van der Waals surface area contributed by atoms with Crippen LogP contribution in [0.2, 0.25) is 0 Å². The number of benzene rings is 1. The topological polar surface area (TPSA) is 69.2 Å². The smallest absolute Gasteiger partial charge is 0.325 e. The number of nitro benzene ring substituents is 1. The third-order valence-corrected chi connectivity index (χ3v) is 2.13. The van der Waals surface area contributed by atoms with Gasteiger partial charge in [-0.25, -0.2) is 0 Å². The summed E-state index contributed by atoms with van der Waals surface area (Å²) in [6, 6.07) is 2.03. The van der Waals surface area contributed by atoms with Gasteiger partial charge in [0.1, 0.15) is 0 Å². The molecular formula is C11H11F3N2O2. The van der Waals surface area contributed by atoms with Crippen LogP contribution in [0.15, 0.2) is 24.3 Å². The average Bonchev–Trinajstić information content (AvgIpc) is 2.24. The normalized spacial score (nSPS) is 13.8. The van der Waals surface area contributed by atoms with Crippen LogP contribution in [0.1, 0.15) is 18.1 Å². The molecule has 0 fully saturated rings. The van der Waals surface area contributed by atoms with Crippen molar-refractivity contribution in [3.63, 3.8) is 0 Å². The minimum atomic E-state index is -4.60. The molecule has 0 amide bonds. The van der Waals surface area contributed by atoms with Gasteiger partial charge in [-0.3, -0.25) is 10.1 Å². The van der Waals surface area contributed by atoms with Crippen LogP contribution in [-0.4, -0.2) is 11.0 Å². The number of nitro groups is 1. The predicted octanol–water partition coefficient (Wildman–Crippen LogP) is 2.97. The van der Waals surface area contributed by atoms with Gasteiger partial charge >= 0.3 is 6.18 Å². The summed E-state index contributed by atoms with van der Waals surface area (Å²) in [4.78, 5) is 9.87. The molecule has 0 spiro atoms. The van der Waals surface area contributed by atoms with Crippen LogP contribution in [0.25, 0.3) is 6.08 Å². The molecule has 0 aromatic heterocycles. The van der Waals surface area contributed by atoms with Gasteiger partial charge in [-0.1, -0.05) is 12.2 Å². The molecule has 7 heteroatoms. The first-order valence-electron chi connectivity index (χ1n) is 5.01. The van der Waals surface area contributed by atoms with E-state index in [1.807, 2.05) is 0 Å². The molecule has 1 unspecified atom stereocenters. The molecule has 1 aromatic rings. The van der Waals surface area contributed by atoms with Gasteiger partial charge in [-0.2, -0.15) is 13.2 Å². The summed E-state index contributed by atoms with van der Waals surface area (Å²) in [7, 11) is 0. The Balaban J connectivity index is 3.25. The summed E-state index contributed by atoms with van der Waals surface area (Å²) >= 11 is 0. The molecule has 2 N–H and O–H groups in total. The zero-order valence-corrected chi connectivity index (χ0v) is 9.44. The van der Waals surface area contributed by atoms with E-state index in [0.717, 1.165) is 12.1 Å². The van der Waals surface area contributed by atoms with Crippen LogP contribution in [-0.2, 0) is 6.18 Å². The van der Waals surface area contributed by atoms with Crippen molar-refractivity contribution in [2.45, 2.75) is 19.1 Å². The fraction of sp³-hybridized carbons (Fsp3) is 0.273. The van der Waals surface area contributed by atoms with Gasteiger partial charge in [0.05, 0.1) is 16.1 Å². The lowest BCUT2D eigenvalue weighted by Crippen LogP contribution is -2.10. The van der Waals surface area contributed by atoms with E-state index in [-0.39, 0.29) is 11.6 Å². The van der Waals surface area contributed by atoms with E-state index in [9.17, 15) is 23.3 Å². The number of alkyl halides is 3. The van der Waals surface area contributed by atoms with E-state index in [4.69, 9.17) is 5.73 Å². The lowest BCUT2D eigenvalue weighted by Gasteiger charge is -2.07. The van der Waals surface area contributed by atoms with Crippen molar-refractivity contribution in [1.82, 2.24) is 0 Å². The molecule has 0 bridgehead atoms. The van der Waals surface area contributed by atoms with Gasteiger partial charge in [-0.15, -0.1) is 0 Å². The van der Waals surface area contributed by atoms with Crippen molar-refractivity contribution < 1.29 is 18.1 Å². The van der Waals surface area contributed by atoms with Crippen LogP contribution in [0, 0.1) is 10.1 Å². The fourth-order valence-electron chi connectivity index (χ4n) is 1.27. The van der Waals surface area contributed by atoms with Crippen molar-refractivity contribution in [3.05, 3.63) is 45.5 Å². The molecule has 0 heterocycles. The number of halogens is 3. The molecule has 0 saturated carbocycles. The molecule has 1 atom stereocenters. The molecule has 0 aliphatic carbocycles. The molecule has 1 aromatic carbocycles. The Morgan fingerprint density at radius 1 is 1.44 bits per heavy atom. The monoisotopic (exact) mass is 260 g/mol. The molecule has 1 rings (SSSR count). The van der Waals surface area contributed by atoms with Crippen LogP contribution in [0.5, 0.6) is 0 Å². The first-order valence-corrected chi connectivity index (χ1v) is 5.01. The maximum Gasteiger partial charge on any atom is 0.416 e. The van der Waals surface area contributed by atoms with Crippen molar-refractivity contribution >= 4 is 11.8 Å². The Bertz CT molecular complexity index is 482. The highest BCUT2D eigenvalue weighted by molar-refractivity contribution is 5.62. The lowest BCUT2D eigenvalue weighted by atomic mass is 10.1. The minimum absolute atomic E-state index is 0.0882. The summed E-state index contributed by atoms with van der Waals surface area (Å²) < 4.78 is 37.2. The first kappa shape index (κ1) is 14.2. The molecule has 0 aliphatic rings. The Morgan fingerprint density at radius 2 is 2.06 bits per heavy atom. The van der Waals surface area contributed by atoms with Gasteiger partial charge in [0.15, 0.2) is 0 Å². The van der Waals surface area contributed by atoms with Crippen LogP contribution >= 0.6 is 0 Å². The molecule has 0 aliphatic heterocycles. The highest BCUT2D eigenvalue weighted by atomic mass is 19.4. The van der Waals surface area contributed by atoms with Gasteiger partial charge in [-0.05, 0) is 19.1 Å². The fourth-order valence-corrected chi connectivity index (χ4v) is 1.27. The van der Waals surface area contributed by atoms with Crippen molar-refractivity contribution in [3.8, 4) is 0 Å². The van der Waals surface area contributed by atoms with E-state index in [1.165, 1.54) is 12.2 Å². The first-order chi connectivity index (χ1) is 8.21. The second-order valence-electron chi connectivity index (χ2n) is 3.75. The van der Waals surface area contributed by atoms with E-state index in [1.54, 1.807) is 6.92 Å². The Labute approximate surface area is 101 Å². The third-order valence-electron chi connectivity index (χ3n) is 2.13. The molecule has 4 nitrogen and oxygen atoms in total. The molecular weight excluding hydrogens is 249 g/mol. The average molecular weight is 260 g/mol. The van der Waals surface area contributed by atoms with Crippen LogP contribution < -0.4 is 5.73 Å². The Morgan fingerprint density at radius 3 is 2.50 bits per heavy atom. The number of rotatable bonds is 3. The largest absolute Gasteiger partial charge is 0.416 e. The second-order valence-corrected chi connectivity index (χ2v) is 3.75. The van der Waals surface area contributed by atoms with E-state index < -0.39 is 22.4 Å². The number of nitrogens with zero attached hydrogens (tertiary/aromatic N) is 1. The van der Waals surface area contributed by atoms with E-state index in [2.05, 4.69) is 0 Å². The van der Waals surface area contributed by atoms with Gasteiger partial charge < -0.3 is 5.73 Å². The molecule has 0 saturated heterocycles. The molecule has 18 heavy (non-hydrogen) atoms. The zero-order valence-electron chi connectivity index (χ0n) is 9.44. The lowest BCUT2D eigenvalue weighted by molar-refractivity contribution is -0.385. The highest BCUT2D eigenvalue weighted by Gasteiger charge is 2.32. The molecule has 98 valence electrons. The summed E-state index contributed by atoms with van der Waals surface area (Å²) in [5.74, 6) is 0. The SMILES string of the molecule is CC(N)/C=C/c1ccc(C(F)(F)F)cc1[N+](=O)[O-]. The highest BCUT2D eigenvalue weighted by Crippen LogP contribution is 2.33. The predicted molar refractivity (Wildman–Crippen MR) is 60.8 cm³/mol. The minimum Gasteiger partial charge on any atom is -0.325 e. The quantitative estimate of drug-likeness (QED) is 0.671. The number of nitrogens with two attached hydrogens (primary N) is 1. The van der Waals surface area contributed by atoms with E-state index in [0.29, 0.717) is 6.07 Å². The van der Waals surface area contributed by atoms with Gasteiger partial charge in [0, 0.05) is 12.1 Å². The maximum absolute atomic E-state index is 12.4. The summed E-state index contributed by atoms with van der Waals surface area (Å²) in [5, 5.41) is 10.7. The van der Waals surface area contributed by atoms with Crippen LogP contribution in [0.3, 0.4) is 0 Å². The zero-order chi connectivity index (χ0) is 13.9. The number of hydrogen-bond acceptors (Lipinski definition) is 3. The Hall–Kier alpha value is -1.89. The second kappa shape index (κ2) is 5.18. The van der Waals surface area contributed by atoms with Crippen molar-refractivity contribution in [2.75, 3.05) is 0 Å². The van der Waals surface area contributed by atoms with Gasteiger partial charge in [0.25, 0.3) is 5.69 Å². The Kier molecular flexibility index (Phi) is 4.07. The van der Waals surface area contributed by atoms with E-state index >= 15 is 0 Å². The standard InChI is InChI=1S/C11H11F3N2O2/c1-7(15)2-3-8-4-5-9(11(12,13)14)6-10(8)16(17)18/h2-7H,15H2,1H3/b3-2+. The van der Waals surface area contributed by atoms with Gasteiger partial charge in [0.2, 0.25) is 0 Å².